The Morgan fingerprint density at radius 1 is 0.895 bits per heavy atom. The van der Waals surface area contributed by atoms with Crippen LogP contribution in [0.1, 0.15) is 33.2 Å². The quantitative estimate of drug-likeness (QED) is 0.149. The Morgan fingerprint density at radius 3 is 2.34 bits per heavy atom. The Balaban J connectivity index is 1.45. The molecule has 4 aromatic rings. The highest BCUT2D eigenvalue weighted by Gasteiger charge is 2.14. The van der Waals surface area contributed by atoms with Crippen LogP contribution in [-0.2, 0) is 4.79 Å². The van der Waals surface area contributed by atoms with Gasteiger partial charge in [0, 0.05) is 11.1 Å². The average molecular weight is 514 g/mol. The van der Waals surface area contributed by atoms with Gasteiger partial charge in [0.25, 0.3) is 11.8 Å². The zero-order valence-electron chi connectivity index (χ0n) is 20.4. The van der Waals surface area contributed by atoms with Crippen molar-refractivity contribution in [2.45, 2.75) is 6.92 Å². The van der Waals surface area contributed by atoms with Gasteiger partial charge in [-0.2, -0.15) is 5.10 Å². The van der Waals surface area contributed by atoms with Gasteiger partial charge in [0.05, 0.1) is 24.9 Å². The topological polar surface area (TPSA) is 106 Å². The fourth-order valence-corrected chi connectivity index (χ4v) is 3.58. The standard InChI is InChI=1S/C29H24FN3O5/c1-2-37-23-14-9-21(10-15-23)29(36)38-26-16-11-19-5-3-4-6-24(19)25(26)17-32-33-27(34)18-31-28(35)20-7-12-22(30)13-8-20/h3-17H,2,18H2,1H3,(H,31,35)(H,33,34)/b32-17-. The minimum absolute atomic E-state index is 0.220. The highest BCUT2D eigenvalue weighted by Crippen LogP contribution is 2.27. The molecule has 0 saturated carbocycles. The lowest BCUT2D eigenvalue weighted by Gasteiger charge is -2.11. The number of fused-ring (bicyclic) bond motifs is 1. The fourth-order valence-electron chi connectivity index (χ4n) is 3.58. The summed E-state index contributed by atoms with van der Waals surface area (Å²) in [4.78, 5) is 37.1. The van der Waals surface area contributed by atoms with Gasteiger partial charge in [0.1, 0.15) is 17.3 Å². The highest BCUT2D eigenvalue weighted by molar-refractivity contribution is 6.04. The van der Waals surface area contributed by atoms with Crippen molar-refractivity contribution in [2.75, 3.05) is 13.2 Å². The number of halogens is 1. The monoisotopic (exact) mass is 513 g/mol. The summed E-state index contributed by atoms with van der Waals surface area (Å²) >= 11 is 0. The van der Waals surface area contributed by atoms with Crippen LogP contribution in [-0.4, -0.2) is 37.1 Å². The van der Waals surface area contributed by atoms with Crippen LogP contribution in [0.5, 0.6) is 11.5 Å². The zero-order chi connectivity index (χ0) is 26.9. The van der Waals surface area contributed by atoms with Crippen LogP contribution in [0, 0.1) is 5.82 Å². The van der Waals surface area contributed by atoms with Gasteiger partial charge in [-0.1, -0.05) is 30.3 Å². The van der Waals surface area contributed by atoms with Crippen molar-refractivity contribution >= 4 is 34.8 Å². The molecule has 0 aliphatic rings. The number of amides is 2. The molecule has 0 unspecified atom stereocenters. The molecule has 0 bridgehead atoms. The molecule has 2 N–H and O–H groups in total. The van der Waals surface area contributed by atoms with Crippen molar-refractivity contribution in [1.29, 1.82) is 0 Å². The maximum Gasteiger partial charge on any atom is 0.343 e. The first kappa shape index (κ1) is 26.0. The lowest BCUT2D eigenvalue weighted by molar-refractivity contribution is -0.120. The Hall–Kier alpha value is -5.05. The number of rotatable bonds is 9. The van der Waals surface area contributed by atoms with Crippen molar-refractivity contribution < 1.29 is 28.2 Å². The Labute approximate surface area is 218 Å². The van der Waals surface area contributed by atoms with Gasteiger partial charge in [-0.3, -0.25) is 9.59 Å². The molecule has 38 heavy (non-hydrogen) atoms. The van der Waals surface area contributed by atoms with E-state index >= 15 is 0 Å². The van der Waals surface area contributed by atoms with Gasteiger partial charge in [-0.05, 0) is 72.3 Å². The van der Waals surface area contributed by atoms with Crippen molar-refractivity contribution in [1.82, 2.24) is 10.7 Å². The summed E-state index contributed by atoms with van der Waals surface area (Å²) in [5.41, 5.74) is 3.39. The first-order valence-electron chi connectivity index (χ1n) is 11.8. The molecule has 8 nitrogen and oxygen atoms in total. The van der Waals surface area contributed by atoms with E-state index in [0.717, 1.165) is 22.9 Å². The molecule has 0 aliphatic heterocycles. The molecule has 0 heterocycles. The van der Waals surface area contributed by atoms with E-state index in [2.05, 4.69) is 15.8 Å². The summed E-state index contributed by atoms with van der Waals surface area (Å²) in [7, 11) is 0. The maximum absolute atomic E-state index is 13.0. The minimum Gasteiger partial charge on any atom is -0.494 e. The average Bonchev–Trinajstić information content (AvgIpc) is 2.93. The first-order chi connectivity index (χ1) is 18.4. The van der Waals surface area contributed by atoms with Gasteiger partial charge in [0.15, 0.2) is 0 Å². The second-order valence-corrected chi connectivity index (χ2v) is 8.03. The summed E-state index contributed by atoms with van der Waals surface area (Å²) in [6.07, 6.45) is 1.38. The predicted octanol–water partition coefficient (Wildman–Crippen LogP) is 4.48. The van der Waals surface area contributed by atoms with Crippen LogP contribution in [0.3, 0.4) is 0 Å². The predicted molar refractivity (Wildman–Crippen MR) is 141 cm³/mol. The number of ether oxygens (including phenoxy) is 2. The number of hydrogen-bond donors (Lipinski definition) is 2. The third-order valence-electron chi connectivity index (χ3n) is 5.43. The van der Waals surface area contributed by atoms with Gasteiger partial charge in [-0.15, -0.1) is 0 Å². The van der Waals surface area contributed by atoms with Crippen molar-refractivity contribution in [2.24, 2.45) is 5.10 Å². The van der Waals surface area contributed by atoms with Crippen LogP contribution in [0.25, 0.3) is 10.8 Å². The summed E-state index contributed by atoms with van der Waals surface area (Å²) < 4.78 is 24.1. The first-order valence-corrected chi connectivity index (χ1v) is 11.8. The molecule has 4 rings (SSSR count). The number of esters is 1. The number of hydrogen-bond acceptors (Lipinski definition) is 6. The van der Waals surface area contributed by atoms with Crippen molar-refractivity contribution in [3.8, 4) is 11.5 Å². The number of nitrogens with one attached hydrogen (secondary N) is 2. The highest BCUT2D eigenvalue weighted by atomic mass is 19.1. The third kappa shape index (κ3) is 6.58. The fraction of sp³-hybridized carbons (Fsp3) is 0.103. The summed E-state index contributed by atoms with van der Waals surface area (Å²) in [5.74, 6) is -1.24. The molecule has 192 valence electrons. The largest absolute Gasteiger partial charge is 0.494 e. The number of carbonyl (C=O) groups excluding carboxylic acids is 3. The molecule has 9 heteroatoms. The van der Waals surface area contributed by atoms with Crippen LogP contribution in [0.2, 0.25) is 0 Å². The molecule has 0 radical (unpaired) electrons. The number of nitrogens with zero attached hydrogens (tertiary/aromatic N) is 1. The second-order valence-electron chi connectivity index (χ2n) is 8.03. The molecule has 0 fully saturated rings. The van der Waals surface area contributed by atoms with Gasteiger partial charge < -0.3 is 14.8 Å². The zero-order valence-corrected chi connectivity index (χ0v) is 20.4. The lowest BCUT2D eigenvalue weighted by Crippen LogP contribution is -2.34. The maximum atomic E-state index is 13.0. The normalized spacial score (nSPS) is 10.8. The lowest BCUT2D eigenvalue weighted by atomic mass is 10.0. The van der Waals surface area contributed by atoms with E-state index in [9.17, 15) is 18.8 Å². The van der Waals surface area contributed by atoms with E-state index in [4.69, 9.17) is 9.47 Å². The molecule has 0 aromatic heterocycles. The van der Waals surface area contributed by atoms with Gasteiger partial charge in [-0.25, -0.2) is 14.6 Å². The van der Waals surface area contributed by atoms with Gasteiger partial charge >= 0.3 is 5.97 Å². The molecule has 0 saturated heterocycles. The Morgan fingerprint density at radius 2 is 1.61 bits per heavy atom. The van der Waals surface area contributed by atoms with E-state index < -0.39 is 23.6 Å². The number of benzene rings is 4. The third-order valence-corrected chi connectivity index (χ3v) is 5.43. The van der Waals surface area contributed by atoms with Crippen molar-refractivity contribution in [3.05, 3.63) is 107 Å². The molecule has 4 aromatic carbocycles. The van der Waals surface area contributed by atoms with Crippen LogP contribution in [0.15, 0.2) is 90.0 Å². The molecule has 0 spiro atoms. The van der Waals surface area contributed by atoms with E-state index in [-0.39, 0.29) is 17.9 Å². The second kappa shape index (κ2) is 12.3. The molecule has 0 atom stereocenters. The van der Waals surface area contributed by atoms with Crippen LogP contribution in [0.4, 0.5) is 4.39 Å². The van der Waals surface area contributed by atoms with Crippen LogP contribution < -0.4 is 20.2 Å². The van der Waals surface area contributed by atoms with E-state index in [1.54, 1.807) is 30.3 Å². The Bertz CT molecular complexity index is 1480. The van der Waals surface area contributed by atoms with E-state index in [1.165, 1.54) is 18.3 Å². The minimum atomic E-state index is -0.579. The van der Waals surface area contributed by atoms with Crippen molar-refractivity contribution in [3.63, 3.8) is 0 Å². The smallest absolute Gasteiger partial charge is 0.343 e. The molecule has 0 aliphatic carbocycles. The SMILES string of the molecule is CCOc1ccc(C(=O)Oc2ccc3ccccc3c2/C=N\NC(=O)CNC(=O)c2ccc(F)cc2)cc1. The molecular formula is C29H24FN3O5. The number of hydrazone groups is 1. The molecular weight excluding hydrogens is 489 g/mol. The molecule has 2 amide bonds. The summed E-state index contributed by atoms with van der Waals surface area (Å²) in [5, 5.41) is 8.07. The summed E-state index contributed by atoms with van der Waals surface area (Å²) in [6, 6.07) is 22.5. The van der Waals surface area contributed by atoms with Crippen LogP contribution >= 0.6 is 0 Å². The summed E-state index contributed by atoms with van der Waals surface area (Å²) in [6.45, 7) is 2.04. The Kier molecular flexibility index (Phi) is 8.40. The van der Waals surface area contributed by atoms with Gasteiger partial charge in [0.2, 0.25) is 0 Å². The van der Waals surface area contributed by atoms with E-state index in [0.29, 0.717) is 23.5 Å². The van der Waals surface area contributed by atoms with E-state index in [1.807, 2.05) is 37.3 Å². The number of carbonyl (C=O) groups is 3.